The van der Waals surface area contributed by atoms with Crippen molar-refractivity contribution in [3.05, 3.63) is 24.0 Å². The second kappa shape index (κ2) is 5.59. The normalized spacial score (nSPS) is 12.7. The van der Waals surface area contributed by atoms with E-state index < -0.39 is 5.97 Å². The lowest BCUT2D eigenvalue weighted by molar-refractivity contribution is 0.0682. The van der Waals surface area contributed by atoms with Crippen molar-refractivity contribution in [1.29, 1.82) is 0 Å². The summed E-state index contributed by atoms with van der Waals surface area (Å²) < 4.78 is 1.85. The third kappa shape index (κ3) is 3.11. The van der Waals surface area contributed by atoms with Gasteiger partial charge in [-0.15, -0.1) is 0 Å². The van der Waals surface area contributed by atoms with E-state index in [4.69, 9.17) is 5.11 Å². The maximum Gasteiger partial charge on any atom is 0.352 e. The summed E-state index contributed by atoms with van der Waals surface area (Å²) >= 11 is 0. The highest BCUT2D eigenvalue weighted by atomic mass is 16.4. The number of carbonyl (C=O) groups is 1. The highest BCUT2D eigenvalue weighted by Crippen LogP contribution is 2.18. The lowest BCUT2D eigenvalue weighted by Crippen LogP contribution is -2.11. The van der Waals surface area contributed by atoms with Crippen LogP contribution < -0.4 is 0 Å². The molecule has 0 saturated heterocycles. The van der Waals surface area contributed by atoms with Crippen LogP contribution in [0.3, 0.4) is 0 Å². The van der Waals surface area contributed by atoms with Gasteiger partial charge in [-0.1, -0.05) is 26.2 Å². The Morgan fingerprint density at radius 3 is 2.87 bits per heavy atom. The number of rotatable bonds is 6. The molecule has 0 aliphatic heterocycles. The summed E-state index contributed by atoms with van der Waals surface area (Å²) in [5.74, 6) is -0.845. The summed E-state index contributed by atoms with van der Waals surface area (Å²) in [5, 5.41) is 8.95. The highest BCUT2D eigenvalue weighted by molar-refractivity contribution is 5.85. The molecule has 1 heterocycles. The number of unbranched alkanes of at least 4 members (excludes halogenated alkanes) is 2. The second-order valence-corrected chi connectivity index (χ2v) is 3.95. The molecular formula is C12H19NO2. The van der Waals surface area contributed by atoms with Gasteiger partial charge in [-0.3, -0.25) is 0 Å². The van der Waals surface area contributed by atoms with Crippen LogP contribution in [0.2, 0.25) is 0 Å². The monoisotopic (exact) mass is 209 g/mol. The smallest absolute Gasteiger partial charge is 0.352 e. The summed E-state index contributed by atoms with van der Waals surface area (Å²) in [6.07, 6.45) is 6.47. The number of hydrogen-bond donors (Lipinski definition) is 1. The molecule has 0 saturated carbocycles. The van der Waals surface area contributed by atoms with Gasteiger partial charge >= 0.3 is 5.97 Å². The van der Waals surface area contributed by atoms with Gasteiger partial charge in [0, 0.05) is 12.2 Å². The molecule has 0 spiro atoms. The van der Waals surface area contributed by atoms with E-state index in [1.807, 2.05) is 10.8 Å². The molecule has 1 aromatic rings. The number of nitrogens with zero attached hydrogens (tertiary/aromatic N) is 1. The van der Waals surface area contributed by atoms with Crippen LogP contribution >= 0.6 is 0 Å². The van der Waals surface area contributed by atoms with Crippen molar-refractivity contribution in [2.75, 3.05) is 0 Å². The van der Waals surface area contributed by atoms with Crippen LogP contribution in [0.5, 0.6) is 0 Å². The quantitative estimate of drug-likeness (QED) is 0.730. The maximum atomic E-state index is 10.9. The Morgan fingerprint density at radius 1 is 1.53 bits per heavy atom. The number of hydrogen-bond acceptors (Lipinski definition) is 1. The average molecular weight is 209 g/mol. The Kier molecular flexibility index (Phi) is 4.40. The topological polar surface area (TPSA) is 42.2 Å². The maximum absolute atomic E-state index is 10.9. The van der Waals surface area contributed by atoms with Crippen molar-refractivity contribution < 1.29 is 9.90 Å². The van der Waals surface area contributed by atoms with Gasteiger partial charge in [-0.2, -0.15) is 0 Å². The predicted octanol–water partition coefficient (Wildman–Crippen LogP) is 3.33. The SMILES string of the molecule is CCCCCC(C)n1cccc1C(=O)O. The third-order valence-electron chi connectivity index (χ3n) is 2.70. The predicted molar refractivity (Wildman–Crippen MR) is 60.2 cm³/mol. The van der Waals surface area contributed by atoms with Crippen molar-refractivity contribution in [2.45, 2.75) is 45.6 Å². The van der Waals surface area contributed by atoms with Gasteiger partial charge in [0.2, 0.25) is 0 Å². The van der Waals surface area contributed by atoms with Crippen molar-refractivity contribution in [1.82, 2.24) is 4.57 Å². The minimum atomic E-state index is -0.845. The Hall–Kier alpha value is -1.25. The van der Waals surface area contributed by atoms with Gasteiger partial charge in [0.25, 0.3) is 0 Å². The van der Waals surface area contributed by atoms with Crippen LogP contribution in [0.25, 0.3) is 0 Å². The second-order valence-electron chi connectivity index (χ2n) is 3.95. The van der Waals surface area contributed by atoms with E-state index in [0.29, 0.717) is 5.69 Å². The minimum Gasteiger partial charge on any atom is -0.477 e. The van der Waals surface area contributed by atoms with Crippen molar-refractivity contribution in [2.24, 2.45) is 0 Å². The summed E-state index contributed by atoms with van der Waals surface area (Å²) in [6, 6.07) is 3.72. The molecule has 3 nitrogen and oxygen atoms in total. The zero-order valence-electron chi connectivity index (χ0n) is 9.44. The molecule has 0 amide bonds. The van der Waals surface area contributed by atoms with Crippen molar-refractivity contribution in [3.8, 4) is 0 Å². The molecule has 0 bridgehead atoms. The van der Waals surface area contributed by atoms with Gasteiger partial charge in [0.15, 0.2) is 0 Å². The Morgan fingerprint density at radius 2 is 2.27 bits per heavy atom. The van der Waals surface area contributed by atoms with Gasteiger partial charge in [-0.25, -0.2) is 4.79 Å². The van der Waals surface area contributed by atoms with E-state index in [0.717, 1.165) is 12.8 Å². The Labute approximate surface area is 90.7 Å². The van der Waals surface area contributed by atoms with Crippen LogP contribution in [0, 0.1) is 0 Å². The molecule has 0 radical (unpaired) electrons. The van der Waals surface area contributed by atoms with Gasteiger partial charge in [0.05, 0.1) is 0 Å². The van der Waals surface area contributed by atoms with Crippen LogP contribution in [-0.2, 0) is 0 Å². The molecule has 15 heavy (non-hydrogen) atoms. The van der Waals surface area contributed by atoms with Crippen molar-refractivity contribution >= 4 is 5.97 Å². The molecule has 1 aromatic heterocycles. The van der Waals surface area contributed by atoms with E-state index in [1.54, 1.807) is 12.1 Å². The summed E-state index contributed by atoms with van der Waals surface area (Å²) in [6.45, 7) is 4.24. The van der Waals surface area contributed by atoms with Gasteiger partial charge in [0.1, 0.15) is 5.69 Å². The first-order valence-electron chi connectivity index (χ1n) is 5.57. The van der Waals surface area contributed by atoms with Crippen molar-refractivity contribution in [3.63, 3.8) is 0 Å². The van der Waals surface area contributed by atoms with E-state index in [1.165, 1.54) is 12.8 Å². The average Bonchev–Trinajstić information content (AvgIpc) is 2.66. The van der Waals surface area contributed by atoms with Crippen LogP contribution in [0.4, 0.5) is 0 Å². The molecule has 3 heteroatoms. The minimum absolute atomic E-state index is 0.276. The zero-order chi connectivity index (χ0) is 11.3. The lowest BCUT2D eigenvalue weighted by Gasteiger charge is -2.15. The fraction of sp³-hybridized carbons (Fsp3) is 0.583. The summed E-state index contributed by atoms with van der Waals surface area (Å²) in [7, 11) is 0. The molecule has 0 aromatic carbocycles. The standard InChI is InChI=1S/C12H19NO2/c1-3-4-5-7-10(2)13-9-6-8-11(13)12(14)15/h6,8-10H,3-5,7H2,1-2H3,(H,14,15). The van der Waals surface area contributed by atoms with E-state index in [-0.39, 0.29) is 6.04 Å². The zero-order valence-corrected chi connectivity index (χ0v) is 9.44. The van der Waals surface area contributed by atoms with Gasteiger partial charge in [-0.05, 0) is 25.5 Å². The first-order valence-corrected chi connectivity index (χ1v) is 5.57. The molecular weight excluding hydrogens is 190 g/mol. The first kappa shape index (κ1) is 11.8. The van der Waals surface area contributed by atoms with Crippen LogP contribution in [0.1, 0.15) is 56.1 Å². The summed E-state index contributed by atoms with van der Waals surface area (Å²) in [5.41, 5.74) is 0.388. The number of carboxylic acid groups (broad SMARTS) is 1. The molecule has 1 rings (SSSR count). The van der Waals surface area contributed by atoms with E-state index in [9.17, 15) is 4.79 Å². The largest absolute Gasteiger partial charge is 0.477 e. The molecule has 0 fully saturated rings. The number of aromatic nitrogens is 1. The molecule has 84 valence electrons. The number of aromatic carboxylic acids is 1. The Bertz CT molecular complexity index is 317. The molecule has 0 aliphatic rings. The number of carboxylic acids is 1. The van der Waals surface area contributed by atoms with Crippen LogP contribution in [-0.4, -0.2) is 15.6 Å². The molecule has 0 aliphatic carbocycles. The fourth-order valence-electron chi connectivity index (χ4n) is 1.79. The third-order valence-corrected chi connectivity index (χ3v) is 2.70. The highest BCUT2D eigenvalue weighted by Gasteiger charge is 2.12. The van der Waals surface area contributed by atoms with Crippen LogP contribution in [0.15, 0.2) is 18.3 Å². The lowest BCUT2D eigenvalue weighted by atomic mass is 10.1. The fourth-order valence-corrected chi connectivity index (χ4v) is 1.79. The first-order chi connectivity index (χ1) is 7.16. The Balaban J connectivity index is 2.60. The van der Waals surface area contributed by atoms with E-state index in [2.05, 4.69) is 13.8 Å². The molecule has 1 atom stereocenters. The molecule has 1 unspecified atom stereocenters. The summed E-state index contributed by atoms with van der Waals surface area (Å²) in [4.78, 5) is 10.9. The van der Waals surface area contributed by atoms with Gasteiger partial charge < -0.3 is 9.67 Å². The van der Waals surface area contributed by atoms with E-state index >= 15 is 0 Å². The molecule has 1 N–H and O–H groups in total.